The molecule has 0 bridgehead atoms. The fourth-order valence-electron chi connectivity index (χ4n) is 4.99. The summed E-state index contributed by atoms with van der Waals surface area (Å²) in [7, 11) is -4.22. The maximum atomic E-state index is 13.9. The molecular weight excluding hydrogens is 548 g/mol. The van der Waals surface area contributed by atoms with E-state index in [2.05, 4.69) is 19.2 Å². The van der Waals surface area contributed by atoms with Crippen LogP contribution in [0.3, 0.4) is 0 Å². The Bertz CT molecular complexity index is 1410. The third kappa shape index (κ3) is 6.35. The zero-order valence-electron chi connectivity index (χ0n) is 22.8. The van der Waals surface area contributed by atoms with Crippen molar-refractivity contribution in [2.24, 2.45) is 0 Å². The van der Waals surface area contributed by atoms with E-state index < -0.39 is 20.0 Å². The quantitative estimate of drug-likeness (QED) is 0.417. The second kappa shape index (κ2) is 11.7. The summed E-state index contributed by atoms with van der Waals surface area (Å²) in [5, 5.41) is 0. The lowest BCUT2D eigenvalue weighted by Crippen LogP contribution is -2.46. The fourth-order valence-corrected chi connectivity index (χ4v) is 7.65. The molecule has 2 fully saturated rings. The summed E-state index contributed by atoms with van der Waals surface area (Å²) in [5.41, 5.74) is 1.82. The molecule has 2 saturated heterocycles. The largest absolute Gasteiger partial charge is 0.368 e. The Morgan fingerprint density at radius 2 is 0.875 bits per heavy atom. The number of anilines is 4. The maximum absolute atomic E-state index is 13.9. The van der Waals surface area contributed by atoms with Crippen LogP contribution in [-0.4, -0.2) is 93.1 Å². The zero-order valence-corrected chi connectivity index (χ0v) is 24.5. The lowest BCUT2D eigenvalue weighted by Gasteiger charge is -2.38. The molecule has 0 aromatic heterocycles. The Morgan fingerprint density at radius 3 is 1.23 bits per heavy atom. The van der Waals surface area contributed by atoms with Gasteiger partial charge < -0.3 is 19.6 Å². The van der Waals surface area contributed by atoms with E-state index in [0.717, 1.165) is 26.2 Å². The Balaban J connectivity index is 1.67. The number of nitrogens with zero attached hydrogens (tertiary/aromatic N) is 4. The molecule has 10 nitrogen and oxygen atoms in total. The number of hydrogen-bond acceptors (Lipinski definition) is 8. The van der Waals surface area contributed by atoms with Crippen LogP contribution in [0.15, 0.2) is 82.6 Å². The molecular formula is C28H36N6O4S2. The number of sulfonamides is 2. The van der Waals surface area contributed by atoms with Crippen LogP contribution in [0.5, 0.6) is 0 Å². The maximum Gasteiger partial charge on any atom is 0.264 e. The summed E-state index contributed by atoms with van der Waals surface area (Å²) in [5.74, 6) is 0. The zero-order chi connectivity index (χ0) is 28.3. The van der Waals surface area contributed by atoms with E-state index in [1.165, 1.54) is 6.07 Å². The normalized spacial score (nSPS) is 17.6. The van der Waals surface area contributed by atoms with Crippen molar-refractivity contribution in [2.45, 2.75) is 9.79 Å². The number of rotatable bonds is 8. The van der Waals surface area contributed by atoms with Crippen molar-refractivity contribution < 1.29 is 16.8 Å². The fraction of sp³-hybridized carbons (Fsp3) is 0.357. The van der Waals surface area contributed by atoms with Gasteiger partial charge in [0, 0.05) is 63.7 Å². The van der Waals surface area contributed by atoms with E-state index in [1.54, 1.807) is 66.7 Å². The topological polar surface area (TPSA) is 105 Å². The van der Waals surface area contributed by atoms with Crippen LogP contribution in [-0.2, 0) is 20.0 Å². The van der Waals surface area contributed by atoms with Gasteiger partial charge in [0.1, 0.15) is 9.79 Å². The van der Waals surface area contributed by atoms with Crippen LogP contribution < -0.4 is 19.2 Å². The van der Waals surface area contributed by atoms with Gasteiger partial charge in [0.15, 0.2) is 0 Å². The molecule has 12 heteroatoms. The Hall–Kier alpha value is -3.32. The number of nitrogens with one attached hydrogen (secondary N) is 2. The number of piperazine rings is 2. The number of likely N-dealkylation sites (N-methyl/N-ethyl adjacent to an activating group) is 2. The van der Waals surface area contributed by atoms with Gasteiger partial charge in [-0.3, -0.25) is 9.44 Å². The van der Waals surface area contributed by atoms with Gasteiger partial charge in [0.05, 0.1) is 11.4 Å². The van der Waals surface area contributed by atoms with Crippen molar-refractivity contribution in [1.29, 1.82) is 0 Å². The molecule has 0 radical (unpaired) electrons. The van der Waals surface area contributed by atoms with Gasteiger partial charge in [-0.2, -0.15) is 0 Å². The minimum absolute atomic E-state index is 0.0628. The van der Waals surface area contributed by atoms with Gasteiger partial charge in [0.2, 0.25) is 0 Å². The summed E-state index contributed by atoms with van der Waals surface area (Å²) < 4.78 is 61.0. The summed E-state index contributed by atoms with van der Waals surface area (Å²) >= 11 is 0. The molecule has 0 unspecified atom stereocenters. The second-order valence-electron chi connectivity index (χ2n) is 10.3. The van der Waals surface area contributed by atoms with Crippen molar-refractivity contribution in [1.82, 2.24) is 9.80 Å². The van der Waals surface area contributed by atoms with E-state index >= 15 is 0 Å². The van der Waals surface area contributed by atoms with Crippen LogP contribution in [0, 0.1) is 0 Å². The SMILES string of the molecule is CN1CCN(c2cc(N3CCN(C)CC3)c(S(=O)(=O)Nc3ccccc3)cc2S(=O)(=O)Nc2ccccc2)CC1. The standard InChI is InChI=1S/C28H36N6O4S2/c1-31-13-17-33(18-14-31)25-21-26(34-19-15-32(2)16-20-34)28(40(37,38)30-24-11-7-4-8-12-24)22-27(25)39(35,36)29-23-9-5-3-6-10-23/h3-12,21-22,29-30H,13-20H2,1-2H3. The highest BCUT2D eigenvalue weighted by Crippen LogP contribution is 2.38. The minimum atomic E-state index is -4.14. The second-order valence-corrected chi connectivity index (χ2v) is 13.6. The third-order valence-corrected chi connectivity index (χ3v) is 10.2. The molecule has 0 saturated carbocycles. The molecule has 2 N–H and O–H groups in total. The number of para-hydroxylation sites is 2. The predicted octanol–water partition coefficient (Wildman–Crippen LogP) is 2.79. The first-order valence-corrected chi connectivity index (χ1v) is 16.3. The highest BCUT2D eigenvalue weighted by molar-refractivity contribution is 7.93. The Kier molecular flexibility index (Phi) is 8.22. The van der Waals surface area contributed by atoms with E-state index in [1.807, 2.05) is 23.9 Å². The van der Waals surface area contributed by atoms with E-state index in [4.69, 9.17) is 0 Å². The van der Waals surface area contributed by atoms with Gasteiger partial charge in [0.25, 0.3) is 20.0 Å². The van der Waals surface area contributed by atoms with Crippen molar-refractivity contribution >= 4 is 42.8 Å². The predicted molar refractivity (Wildman–Crippen MR) is 160 cm³/mol. The molecule has 2 aliphatic heterocycles. The monoisotopic (exact) mass is 584 g/mol. The van der Waals surface area contributed by atoms with Crippen LogP contribution in [0.1, 0.15) is 0 Å². The molecule has 40 heavy (non-hydrogen) atoms. The molecule has 3 aromatic carbocycles. The highest BCUT2D eigenvalue weighted by atomic mass is 32.2. The highest BCUT2D eigenvalue weighted by Gasteiger charge is 2.32. The van der Waals surface area contributed by atoms with Gasteiger partial charge in [-0.15, -0.1) is 0 Å². The molecule has 0 aliphatic carbocycles. The van der Waals surface area contributed by atoms with Crippen molar-refractivity contribution in [3.63, 3.8) is 0 Å². The minimum Gasteiger partial charge on any atom is -0.368 e. The molecule has 0 spiro atoms. The van der Waals surface area contributed by atoms with Crippen molar-refractivity contribution in [3.05, 3.63) is 72.8 Å². The molecule has 0 amide bonds. The summed E-state index contributed by atoms with van der Waals surface area (Å²) in [4.78, 5) is 8.34. The van der Waals surface area contributed by atoms with E-state index in [-0.39, 0.29) is 9.79 Å². The van der Waals surface area contributed by atoms with E-state index in [9.17, 15) is 16.8 Å². The molecule has 5 rings (SSSR count). The first-order chi connectivity index (χ1) is 19.1. The molecule has 3 aromatic rings. The molecule has 214 valence electrons. The first kappa shape index (κ1) is 28.2. The van der Waals surface area contributed by atoms with Gasteiger partial charge in [-0.1, -0.05) is 36.4 Å². The van der Waals surface area contributed by atoms with E-state index in [0.29, 0.717) is 48.9 Å². The molecule has 2 aliphatic rings. The lowest BCUT2D eigenvalue weighted by molar-refractivity contribution is 0.311. The third-order valence-electron chi connectivity index (χ3n) is 7.36. The summed E-state index contributed by atoms with van der Waals surface area (Å²) in [6, 6.07) is 20.3. The Labute approximate surface area is 237 Å². The van der Waals surface area contributed by atoms with Crippen molar-refractivity contribution in [2.75, 3.05) is 85.7 Å². The average Bonchev–Trinajstić information content (AvgIpc) is 2.94. The Morgan fingerprint density at radius 1 is 0.525 bits per heavy atom. The van der Waals surface area contributed by atoms with Gasteiger partial charge >= 0.3 is 0 Å². The molecule has 2 heterocycles. The summed E-state index contributed by atoms with van der Waals surface area (Å²) in [6.07, 6.45) is 0. The number of hydrogen-bond donors (Lipinski definition) is 2. The van der Waals surface area contributed by atoms with Crippen molar-refractivity contribution in [3.8, 4) is 0 Å². The number of benzene rings is 3. The van der Waals surface area contributed by atoms with Crippen LogP contribution in [0.4, 0.5) is 22.7 Å². The van der Waals surface area contributed by atoms with Crippen LogP contribution in [0.2, 0.25) is 0 Å². The van der Waals surface area contributed by atoms with Crippen LogP contribution in [0.25, 0.3) is 0 Å². The lowest BCUT2D eigenvalue weighted by atomic mass is 10.2. The van der Waals surface area contributed by atoms with Gasteiger partial charge in [-0.05, 0) is 50.5 Å². The molecule has 0 atom stereocenters. The first-order valence-electron chi connectivity index (χ1n) is 13.3. The van der Waals surface area contributed by atoms with Crippen LogP contribution >= 0.6 is 0 Å². The average molecular weight is 585 g/mol. The van der Waals surface area contributed by atoms with Gasteiger partial charge in [-0.25, -0.2) is 16.8 Å². The smallest absolute Gasteiger partial charge is 0.264 e. The summed E-state index contributed by atoms with van der Waals surface area (Å²) in [6.45, 7) is 5.58.